The van der Waals surface area contributed by atoms with E-state index in [0.717, 1.165) is 31.4 Å². The quantitative estimate of drug-likeness (QED) is 0.691. The van der Waals surface area contributed by atoms with E-state index in [2.05, 4.69) is 15.6 Å². The summed E-state index contributed by atoms with van der Waals surface area (Å²) in [7, 11) is 1.58. The molecule has 0 aliphatic carbocycles. The van der Waals surface area contributed by atoms with E-state index in [0.29, 0.717) is 37.8 Å². The first-order valence-electron chi connectivity index (χ1n) is 9.39. The molecular formula is C20H26N4O3. The average Bonchev–Trinajstić information content (AvgIpc) is 3.09. The molecular weight excluding hydrogens is 344 g/mol. The summed E-state index contributed by atoms with van der Waals surface area (Å²) in [4.78, 5) is 29.5. The van der Waals surface area contributed by atoms with Gasteiger partial charge in [0.2, 0.25) is 0 Å². The highest BCUT2D eigenvalue weighted by Gasteiger charge is 2.27. The van der Waals surface area contributed by atoms with Crippen LogP contribution >= 0.6 is 0 Å². The Morgan fingerprint density at radius 2 is 1.89 bits per heavy atom. The highest BCUT2D eigenvalue weighted by atomic mass is 16.5. The van der Waals surface area contributed by atoms with Crippen molar-refractivity contribution < 1.29 is 14.3 Å². The van der Waals surface area contributed by atoms with E-state index >= 15 is 0 Å². The standard InChI is InChI=1S/C20H26N4O3/c1-27-14-12-22-20(26)18-23-17(16-9-5-6-13-24(16)18)19(25)21-11-10-15-7-3-2-4-8-15/h2-4,7-8H,5-6,9-14H2,1H3,(H,21,25)(H,22,26). The van der Waals surface area contributed by atoms with Gasteiger partial charge in [0.15, 0.2) is 5.82 Å². The molecule has 1 aromatic heterocycles. The molecule has 144 valence electrons. The maximum atomic E-state index is 12.7. The minimum absolute atomic E-state index is 0.215. The Morgan fingerprint density at radius 1 is 1.11 bits per heavy atom. The Morgan fingerprint density at radius 3 is 2.67 bits per heavy atom. The number of benzene rings is 1. The highest BCUT2D eigenvalue weighted by molar-refractivity contribution is 5.97. The third-order valence-corrected chi connectivity index (χ3v) is 4.67. The summed E-state index contributed by atoms with van der Waals surface area (Å²) in [5.41, 5.74) is 2.40. The summed E-state index contributed by atoms with van der Waals surface area (Å²) in [6, 6.07) is 10.0. The predicted octanol–water partition coefficient (Wildman–Crippen LogP) is 1.57. The van der Waals surface area contributed by atoms with Gasteiger partial charge in [-0.05, 0) is 31.2 Å². The van der Waals surface area contributed by atoms with Gasteiger partial charge in [0, 0.05) is 26.7 Å². The Balaban J connectivity index is 1.68. The van der Waals surface area contributed by atoms with E-state index in [-0.39, 0.29) is 11.8 Å². The zero-order chi connectivity index (χ0) is 19.1. The number of rotatable bonds is 8. The fourth-order valence-corrected chi connectivity index (χ4v) is 3.29. The second kappa shape index (κ2) is 9.32. The lowest BCUT2D eigenvalue weighted by molar-refractivity contribution is 0.0921. The molecule has 0 unspecified atom stereocenters. The Hall–Kier alpha value is -2.67. The minimum Gasteiger partial charge on any atom is -0.383 e. The van der Waals surface area contributed by atoms with E-state index in [9.17, 15) is 9.59 Å². The summed E-state index contributed by atoms with van der Waals surface area (Å²) in [6.45, 7) is 2.10. The minimum atomic E-state index is -0.265. The highest BCUT2D eigenvalue weighted by Crippen LogP contribution is 2.21. The third kappa shape index (κ3) is 4.74. The fraction of sp³-hybridized carbons (Fsp3) is 0.450. The number of aromatic nitrogens is 2. The van der Waals surface area contributed by atoms with Gasteiger partial charge in [0.05, 0.1) is 12.3 Å². The summed E-state index contributed by atoms with van der Waals surface area (Å²) >= 11 is 0. The number of methoxy groups -OCH3 is 1. The van der Waals surface area contributed by atoms with Gasteiger partial charge in [-0.3, -0.25) is 9.59 Å². The van der Waals surface area contributed by atoms with Gasteiger partial charge in [-0.2, -0.15) is 0 Å². The summed E-state index contributed by atoms with van der Waals surface area (Å²) in [5, 5.41) is 5.72. The number of carbonyl (C=O) groups is 2. The van der Waals surface area contributed by atoms with Gasteiger partial charge < -0.3 is 19.9 Å². The molecule has 1 aromatic carbocycles. The van der Waals surface area contributed by atoms with Crippen molar-refractivity contribution in [2.24, 2.45) is 0 Å². The number of hydrogen-bond donors (Lipinski definition) is 2. The topological polar surface area (TPSA) is 85.2 Å². The molecule has 7 heteroatoms. The van der Waals surface area contributed by atoms with Crippen LogP contribution < -0.4 is 10.6 Å². The van der Waals surface area contributed by atoms with Gasteiger partial charge in [0.25, 0.3) is 11.8 Å². The molecule has 0 atom stereocenters. The first-order chi connectivity index (χ1) is 13.2. The van der Waals surface area contributed by atoms with Crippen LogP contribution in [0.3, 0.4) is 0 Å². The van der Waals surface area contributed by atoms with Gasteiger partial charge >= 0.3 is 0 Å². The van der Waals surface area contributed by atoms with E-state index in [4.69, 9.17) is 4.74 Å². The van der Waals surface area contributed by atoms with Crippen molar-refractivity contribution in [2.75, 3.05) is 26.8 Å². The first kappa shape index (κ1) is 19.1. The molecule has 3 rings (SSSR count). The maximum absolute atomic E-state index is 12.7. The van der Waals surface area contributed by atoms with E-state index in [1.165, 1.54) is 5.56 Å². The molecule has 2 aromatic rings. The Bertz CT molecular complexity index is 786. The zero-order valence-corrected chi connectivity index (χ0v) is 15.7. The molecule has 0 fully saturated rings. The van der Waals surface area contributed by atoms with Crippen LogP contribution in [-0.2, 0) is 24.1 Å². The van der Waals surface area contributed by atoms with Crippen LogP contribution in [0.4, 0.5) is 0 Å². The predicted molar refractivity (Wildman–Crippen MR) is 102 cm³/mol. The number of ether oxygens (including phenoxy) is 1. The lowest BCUT2D eigenvalue weighted by atomic mass is 10.1. The molecule has 7 nitrogen and oxygen atoms in total. The summed E-state index contributed by atoms with van der Waals surface area (Å²) < 4.78 is 6.85. The van der Waals surface area contributed by atoms with Crippen LogP contribution in [0.5, 0.6) is 0 Å². The number of hydrogen-bond acceptors (Lipinski definition) is 4. The van der Waals surface area contributed by atoms with Crippen LogP contribution in [0.1, 0.15) is 45.2 Å². The number of carbonyl (C=O) groups excluding carboxylic acids is 2. The molecule has 2 heterocycles. The van der Waals surface area contributed by atoms with Crippen molar-refractivity contribution in [3.8, 4) is 0 Å². The fourth-order valence-electron chi connectivity index (χ4n) is 3.29. The van der Waals surface area contributed by atoms with Gasteiger partial charge in [0.1, 0.15) is 5.69 Å². The van der Waals surface area contributed by atoms with Crippen molar-refractivity contribution in [3.63, 3.8) is 0 Å². The second-order valence-corrected chi connectivity index (χ2v) is 6.58. The number of imidazole rings is 1. The van der Waals surface area contributed by atoms with Crippen molar-refractivity contribution in [1.82, 2.24) is 20.2 Å². The summed E-state index contributed by atoms with van der Waals surface area (Å²) in [6.07, 6.45) is 3.50. The van der Waals surface area contributed by atoms with Gasteiger partial charge in [-0.1, -0.05) is 30.3 Å². The molecule has 0 bridgehead atoms. The number of fused-ring (bicyclic) bond motifs is 1. The largest absolute Gasteiger partial charge is 0.383 e. The SMILES string of the molecule is COCCNC(=O)c1nc(C(=O)NCCc2ccccc2)c2n1CCCC2. The molecule has 1 aliphatic rings. The van der Waals surface area contributed by atoms with Gasteiger partial charge in [-0.25, -0.2) is 4.98 Å². The second-order valence-electron chi connectivity index (χ2n) is 6.58. The van der Waals surface area contributed by atoms with Crippen LogP contribution in [0.15, 0.2) is 30.3 Å². The van der Waals surface area contributed by atoms with Crippen molar-refractivity contribution in [3.05, 3.63) is 53.1 Å². The summed E-state index contributed by atoms with van der Waals surface area (Å²) in [5.74, 6) is -0.167. The van der Waals surface area contributed by atoms with Crippen LogP contribution in [0.2, 0.25) is 0 Å². The smallest absolute Gasteiger partial charge is 0.287 e. The van der Waals surface area contributed by atoms with Crippen molar-refractivity contribution in [2.45, 2.75) is 32.2 Å². The normalized spacial score (nSPS) is 13.1. The number of amides is 2. The zero-order valence-electron chi connectivity index (χ0n) is 15.7. The Labute approximate surface area is 159 Å². The monoisotopic (exact) mass is 370 g/mol. The Kier molecular flexibility index (Phi) is 6.59. The van der Waals surface area contributed by atoms with E-state index in [1.54, 1.807) is 7.11 Å². The molecule has 2 N–H and O–H groups in total. The number of nitrogens with zero attached hydrogens (tertiary/aromatic N) is 2. The lowest BCUT2D eigenvalue weighted by Crippen LogP contribution is -2.30. The van der Waals surface area contributed by atoms with Crippen LogP contribution in [-0.4, -0.2) is 48.2 Å². The third-order valence-electron chi connectivity index (χ3n) is 4.67. The van der Waals surface area contributed by atoms with Crippen LogP contribution in [0.25, 0.3) is 0 Å². The maximum Gasteiger partial charge on any atom is 0.287 e. The first-order valence-corrected chi connectivity index (χ1v) is 9.39. The van der Waals surface area contributed by atoms with Gasteiger partial charge in [-0.15, -0.1) is 0 Å². The molecule has 0 saturated heterocycles. The molecule has 2 amide bonds. The molecule has 0 spiro atoms. The van der Waals surface area contributed by atoms with Crippen molar-refractivity contribution in [1.29, 1.82) is 0 Å². The van der Waals surface area contributed by atoms with E-state index < -0.39 is 0 Å². The lowest BCUT2D eigenvalue weighted by Gasteiger charge is -2.17. The molecule has 27 heavy (non-hydrogen) atoms. The molecule has 1 aliphatic heterocycles. The van der Waals surface area contributed by atoms with Crippen LogP contribution in [0, 0.1) is 0 Å². The van der Waals surface area contributed by atoms with Crippen molar-refractivity contribution >= 4 is 11.8 Å². The molecule has 0 saturated carbocycles. The number of nitrogens with one attached hydrogen (secondary N) is 2. The van der Waals surface area contributed by atoms with E-state index in [1.807, 2.05) is 34.9 Å². The average molecular weight is 370 g/mol. The molecule has 0 radical (unpaired) electrons.